The Morgan fingerprint density at radius 1 is 0.930 bits per heavy atom. The Labute approximate surface area is 330 Å². The van der Waals surface area contributed by atoms with E-state index in [1.54, 1.807) is 6.07 Å². The van der Waals surface area contributed by atoms with E-state index in [4.69, 9.17) is 30.2 Å². The number of carbonyl (C=O) groups is 7. The first-order chi connectivity index (χ1) is 27.6. The fraction of sp³-hybridized carbons (Fsp3) is 0.447. The first kappa shape index (κ1) is 40.8. The summed E-state index contributed by atoms with van der Waals surface area (Å²) in [4.78, 5) is 86.7. The maximum atomic E-state index is 15.8. The van der Waals surface area contributed by atoms with Crippen LogP contribution in [-0.4, -0.2) is 103 Å². The van der Waals surface area contributed by atoms with Crippen molar-refractivity contribution >= 4 is 62.8 Å². The summed E-state index contributed by atoms with van der Waals surface area (Å²) in [5.41, 5.74) is 0.745. The molecule has 2 N–H and O–H groups in total. The van der Waals surface area contributed by atoms with E-state index in [1.165, 1.54) is 38.2 Å². The van der Waals surface area contributed by atoms with Crippen LogP contribution in [0.4, 0.5) is 8.78 Å². The van der Waals surface area contributed by atoms with Crippen molar-refractivity contribution < 1.29 is 72.5 Å². The highest BCUT2D eigenvalue weighted by atomic mass is 32.1. The summed E-state index contributed by atoms with van der Waals surface area (Å²) in [6.45, 7) is 0.723. The number of halogens is 2. The third-order valence-corrected chi connectivity index (χ3v) is 10.1. The number of imide groups is 1. The molecular weight excluding hydrogens is 776 g/mol. The van der Waals surface area contributed by atoms with Crippen LogP contribution < -0.4 is 24.3 Å². The molecule has 2 atom stereocenters. The average molecular weight is 820 g/mol. The number of amides is 4. The number of Topliss-reactive ketones (excluding diaryl/α,β-unsaturated/α-hetero) is 1. The Bertz CT molecular complexity index is 2130. The summed E-state index contributed by atoms with van der Waals surface area (Å²) in [5.74, 6) is -6.48. The molecule has 0 aliphatic carbocycles. The Kier molecular flexibility index (Phi) is 13.5. The molecule has 0 saturated carbocycles. The van der Waals surface area contributed by atoms with E-state index >= 15 is 8.78 Å². The lowest BCUT2D eigenvalue weighted by molar-refractivity contribution is -0.148. The summed E-state index contributed by atoms with van der Waals surface area (Å²) in [7, 11) is 2.66. The van der Waals surface area contributed by atoms with E-state index in [0.29, 0.717) is 15.2 Å². The molecule has 306 valence electrons. The fourth-order valence-electron chi connectivity index (χ4n) is 6.03. The number of nitrogens with one attached hydrogen (secondary N) is 1. The second-order valence-electron chi connectivity index (χ2n) is 13.1. The Morgan fingerprint density at radius 2 is 1.61 bits per heavy atom. The van der Waals surface area contributed by atoms with Crippen LogP contribution in [0.15, 0.2) is 18.2 Å². The number of hydrogen-bond acceptors (Lipinski definition) is 13. The van der Waals surface area contributed by atoms with Crippen molar-refractivity contribution in [1.82, 2.24) is 15.1 Å². The number of rotatable bonds is 20. The minimum absolute atomic E-state index is 0.0540. The van der Waals surface area contributed by atoms with Gasteiger partial charge in [-0.05, 0) is 24.6 Å². The molecule has 3 heterocycles. The molecule has 2 aliphatic rings. The van der Waals surface area contributed by atoms with Gasteiger partial charge in [-0.3, -0.25) is 38.5 Å². The van der Waals surface area contributed by atoms with E-state index in [2.05, 4.69) is 5.32 Å². The second-order valence-corrected chi connectivity index (χ2v) is 14.1. The summed E-state index contributed by atoms with van der Waals surface area (Å²) in [6.07, 6.45) is -3.26. The first-order valence-corrected chi connectivity index (χ1v) is 18.6. The number of methoxy groups -OCH3 is 2. The maximum Gasteiger partial charge on any atom is 0.306 e. The van der Waals surface area contributed by atoms with Gasteiger partial charge >= 0.3 is 11.9 Å². The topological polar surface area (TPSA) is 204 Å². The van der Waals surface area contributed by atoms with Crippen LogP contribution in [0.1, 0.15) is 74.0 Å². The number of fused-ring (bicyclic) bond motifs is 2. The van der Waals surface area contributed by atoms with Crippen molar-refractivity contribution in [2.75, 3.05) is 40.5 Å². The largest absolute Gasteiger partial charge is 0.493 e. The summed E-state index contributed by atoms with van der Waals surface area (Å²) in [5, 5.41) is 11.4. The van der Waals surface area contributed by atoms with E-state index in [0.717, 1.165) is 11.3 Å². The highest BCUT2D eigenvalue weighted by Crippen LogP contribution is 2.41. The number of aliphatic carboxylic acids is 1. The normalized spacial score (nSPS) is 15.6. The van der Waals surface area contributed by atoms with Crippen molar-refractivity contribution in [2.45, 2.75) is 71.0 Å². The van der Waals surface area contributed by atoms with Crippen LogP contribution in [0.5, 0.6) is 23.0 Å². The molecule has 5 rings (SSSR count). The van der Waals surface area contributed by atoms with Crippen molar-refractivity contribution in [3.8, 4) is 23.0 Å². The zero-order valence-corrected chi connectivity index (χ0v) is 32.1. The van der Waals surface area contributed by atoms with Gasteiger partial charge in [-0.25, -0.2) is 8.78 Å². The lowest BCUT2D eigenvalue weighted by Gasteiger charge is -2.16. The SMILES string of the molecule is [3H]C1CC(=O)N(CC(=O)NC[C@@H](C)OC(=O)CCC(=O)c2cc3c(F)c(OCCCOc4c(OC)cc5c(c4F)CN(C(=O)CCC(=O)O)C5)c(OC)cc3s2)C1=O. The number of carbonyl (C=O) groups excluding carboxylic acids is 6. The van der Waals surface area contributed by atoms with Gasteiger partial charge in [0.15, 0.2) is 40.4 Å². The third-order valence-electron chi connectivity index (χ3n) is 8.97. The highest BCUT2D eigenvalue weighted by Gasteiger charge is 2.32. The number of likely N-dealkylation sites (tertiary alicyclic amines) is 1. The zero-order valence-electron chi connectivity index (χ0n) is 32.3. The molecule has 1 saturated heterocycles. The number of carboxylic acid groups (broad SMARTS) is 1. The Hall–Kier alpha value is -5.85. The van der Waals surface area contributed by atoms with Crippen LogP contribution >= 0.6 is 11.3 Å². The van der Waals surface area contributed by atoms with E-state index in [1.807, 2.05) is 0 Å². The summed E-state index contributed by atoms with van der Waals surface area (Å²) >= 11 is 0.995. The smallest absolute Gasteiger partial charge is 0.306 e. The van der Waals surface area contributed by atoms with E-state index in [9.17, 15) is 33.6 Å². The number of benzene rings is 2. The quantitative estimate of drug-likeness (QED) is 0.0720. The first-order valence-electron chi connectivity index (χ1n) is 18.4. The molecule has 57 heavy (non-hydrogen) atoms. The number of hydrogen-bond donors (Lipinski definition) is 2. The molecule has 0 radical (unpaired) electrons. The van der Waals surface area contributed by atoms with Crippen molar-refractivity contribution in [3.05, 3.63) is 45.8 Å². The summed E-state index contributed by atoms with van der Waals surface area (Å²) < 4.78 is 66.5. The third kappa shape index (κ3) is 10.3. The number of ketones is 1. The van der Waals surface area contributed by atoms with Gasteiger partial charge < -0.3 is 39.0 Å². The number of thiophene rings is 1. The number of nitrogens with zero attached hydrogens (tertiary/aromatic N) is 2. The standard InChI is InChI=1S/C38H41F2N3O13S/c1-20(16-41-29(45)19-43-31(47)6-7-32(43)48)56-34(51)10-5-24(44)28-14-22-27(57-28)15-26(53-3)38(35(22)39)55-12-4-11-54-37-25(52-2)13-21-17-42(18-23(21)36(37)40)30(46)8-9-33(49)50/h13-15,20H,4-12,16-19H2,1-3H3,(H,41,45)(H,49,50)/t20-/m1/s1/i6T/t6?,20-. The van der Waals surface area contributed by atoms with Crippen LogP contribution in [0, 0.1) is 11.6 Å². The molecule has 2 aromatic carbocycles. The molecule has 2 aliphatic heterocycles. The molecule has 3 aromatic rings. The van der Waals surface area contributed by atoms with Gasteiger partial charge in [-0.2, -0.15) is 0 Å². The molecule has 1 unspecified atom stereocenters. The molecule has 1 aromatic heterocycles. The second kappa shape index (κ2) is 18.9. The highest BCUT2D eigenvalue weighted by molar-refractivity contribution is 7.20. The molecule has 16 nitrogen and oxygen atoms in total. The average Bonchev–Trinajstić information content (AvgIpc) is 3.89. The Morgan fingerprint density at radius 3 is 2.26 bits per heavy atom. The molecule has 4 amide bonds. The van der Waals surface area contributed by atoms with Crippen LogP contribution in [0.25, 0.3) is 10.1 Å². The van der Waals surface area contributed by atoms with Gasteiger partial charge in [-0.15, -0.1) is 11.3 Å². The predicted molar refractivity (Wildman–Crippen MR) is 196 cm³/mol. The van der Waals surface area contributed by atoms with E-state index < -0.39 is 72.0 Å². The number of esters is 1. The van der Waals surface area contributed by atoms with E-state index in [-0.39, 0.29) is 110 Å². The Balaban J connectivity index is 1.10. The van der Waals surface area contributed by atoms with Gasteiger partial charge in [-0.1, -0.05) is 0 Å². The van der Waals surface area contributed by atoms with Crippen LogP contribution in [0.3, 0.4) is 0 Å². The molecule has 0 bridgehead atoms. The maximum absolute atomic E-state index is 15.8. The molecule has 19 heteroatoms. The van der Waals surface area contributed by atoms with Crippen molar-refractivity contribution in [3.63, 3.8) is 0 Å². The van der Waals surface area contributed by atoms with Gasteiger partial charge in [0.05, 0.1) is 51.7 Å². The minimum atomic E-state index is -1.23. The summed E-state index contributed by atoms with van der Waals surface area (Å²) in [6, 6.07) is 4.42. The fourth-order valence-corrected chi connectivity index (χ4v) is 7.08. The molecule has 1 fully saturated rings. The minimum Gasteiger partial charge on any atom is -0.493 e. The predicted octanol–water partition coefficient (Wildman–Crippen LogP) is 3.91. The van der Waals surface area contributed by atoms with Gasteiger partial charge in [0, 0.05) is 68.3 Å². The lowest BCUT2D eigenvalue weighted by Crippen LogP contribution is -2.42. The monoisotopic (exact) mass is 819 g/mol. The number of ether oxygens (including phenoxy) is 5. The zero-order chi connectivity index (χ0) is 42.3. The number of carboxylic acids is 1. The molecule has 0 spiro atoms. The lowest BCUT2D eigenvalue weighted by atomic mass is 10.1. The van der Waals surface area contributed by atoms with Crippen LogP contribution in [-0.2, 0) is 46.6 Å². The van der Waals surface area contributed by atoms with Crippen molar-refractivity contribution in [2.24, 2.45) is 0 Å². The van der Waals surface area contributed by atoms with Gasteiger partial charge in [0.25, 0.3) is 0 Å². The van der Waals surface area contributed by atoms with Crippen LogP contribution in [0.2, 0.25) is 0 Å². The van der Waals surface area contributed by atoms with Crippen molar-refractivity contribution in [1.29, 1.82) is 0 Å². The molecular formula is C38H41F2N3O13S. The van der Waals surface area contributed by atoms with Gasteiger partial charge in [0.1, 0.15) is 12.6 Å². The van der Waals surface area contributed by atoms with Gasteiger partial charge in [0.2, 0.25) is 23.6 Å².